The summed E-state index contributed by atoms with van der Waals surface area (Å²) in [6, 6.07) is 0.815. The molecule has 10 heavy (non-hydrogen) atoms. The third-order valence-electron chi connectivity index (χ3n) is 3.10. The molecule has 1 heteroatoms. The van der Waals surface area contributed by atoms with Crippen molar-refractivity contribution in [2.75, 3.05) is 20.1 Å². The maximum atomic E-state index is 2.34. The van der Waals surface area contributed by atoms with Crippen LogP contribution in [0.25, 0.3) is 0 Å². The largest absolute Gasteiger partial charge is 0.324 e. The van der Waals surface area contributed by atoms with Crippen molar-refractivity contribution in [3.63, 3.8) is 0 Å². The highest BCUT2D eigenvalue weighted by atomic mass is 15.3. The Labute approximate surface area is 65.6 Å². The van der Waals surface area contributed by atoms with Gasteiger partial charge in [0.15, 0.2) is 0 Å². The van der Waals surface area contributed by atoms with Crippen LogP contribution in [0.5, 0.6) is 0 Å². The van der Waals surface area contributed by atoms with Gasteiger partial charge >= 0.3 is 0 Å². The Balaban J connectivity index is 4.02. The first-order valence-corrected chi connectivity index (χ1v) is 4.44. The number of rotatable bonds is 4. The van der Waals surface area contributed by atoms with E-state index >= 15 is 0 Å². The van der Waals surface area contributed by atoms with Gasteiger partial charge in [0.05, 0.1) is 26.2 Å². The van der Waals surface area contributed by atoms with Crippen LogP contribution in [0.2, 0.25) is 0 Å². The van der Waals surface area contributed by atoms with E-state index in [-0.39, 0.29) is 0 Å². The lowest BCUT2D eigenvalue weighted by Gasteiger charge is -2.37. The van der Waals surface area contributed by atoms with Gasteiger partial charge in [-0.2, -0.15) is 0 Å². The van der Waals surface area contributed by atoms with E-state index in [9.17, 15) is 0 Å². The van der Waals surface area contributed by atoms with Crippen LogP contribution in [0.4, 0.5) is 0 Å². The van der Waals surface area contributed by atoms with Gasteiger partial charge in [-0.25, -0.2) is 0 Å². The van der Waals surface area contributed by atoms with E-state index in [1.165, 1.54) is 24.0 Å². The highest BCUT2D eigenvalue weighted by Gasteiger charge is 2.22. The van der Waals surface area contributed by atoms with Gasteiger partial charge in [-0.3, -0.25) is 0 Å². The molecule has 0 aliphatic heterocycles. The molecule has 0 spiro atoms. The van der Waals surface area contributed by atoms with Crippen molar-refractivity contribution < 1.29 is 4.48 Å². The summed E-state index contributed by atoms with van der Waals surface area (Å²) in [7, 11) is 2.34. The van der Waals surface area contributed by atoms with Crippen LogP contribution in [-0.4, -0.2) is 30.7 Å². The minimum atomic E-state index is 0.815. The molecule has 1 atom stereocenters. The van der Waals surface area contributed by atoms with Gasteiger partial charge < -0.3 is 4.48 Å². The first-order valence-electron chi connectivity index (χ1n) is 4.44. The maximum Gasteiger partial charge on any atom is 0.0856 e. The Kier molecular flexibility index (Phi) is 3.95. The maximum absolute atomic E-state index is 2.34. The fourth-order valence-electron chi connectivity index (χ4n) is 1.29. The van der Waals surface area contributed by atoms with Crippen LogP contribution >= 0.6 is 0 Å². The summed E-state index contributed by atoms with van der Waals surface area (Å²) in [5.41, 5.74) is 0. The summed E-state index contributed by atoms with van der Waals surface area (Å²) in [4.78, 5) is 0. The van der Waals surface area contributed by atoms with Gasteiger partial charge in [-0.05, 0) is 27.2 Å². The number of hydrogen-bond donors (Lipinski definition) is 0. The average Bonchev–Trinajstić information content (AvgIpc) is 2.01. The molecule has 0 rings (SSSR count). The molecule has 0 aromatic carbocycles. The third kappa shape index (κ3) is 1.98. The van der Waals surface area contributed by atoms with Gasteiger partial charge in [0, 0.05) is 0 Å². The lowest BCUT2D eigenvalue weighted by atomic mass is 10.2. The van der Waals surface area contributed by atoms with Crippen molar-refractivity contribution >= 4 is 0 Å². The molecule has 1 nitrogen and oxygen atoms in total. The first-order chi connectivity index (χ1) is 4.60. The van der Waals surface area contributed by atoms with Crippen molar-refractivity contribution in [3.05, 3.63) is 0 Å². The molecular weight excluding hydrogens is 122 g/mol. The Bertz CT molecular complexity index is 84.7. The summed E-state index contributed by atoms with van der Waals surface area (Å²) in [5, 5.41) is 0. The molecule has 0 heterocycles. The molecule has 0 aliphatic rings. The molecule has 0 unspecified atom stereocenters. The molecular formula is C9H22N+. The van der Waals surface area contributed by atoms with Crippen LogP contribution in [-0.2, 0) is 0 Å². The van der Waals surface area contributed by atoms with Crippen molar-refractivity contribution in [1.82, 2.24) is 0 Å². The number of nitrogens with zero attached hydrogens (tertiary/aromatic N) is 1. The van der Waals surface area contributed by atoms with Crippen molar-refractivity contribution in [1.29, 1.82) is 0 Å². The fourth-order valence-corrected chi connectivity index (χ4v) is 1.29. The second kappa shape index (κ2) is 3.97. The summed E-state index contributed by atoms with van der Waals surface area (Å²) in [6.07, 6.45) is 1.29. The van der Waals surface area contributed by atoms with Gasteiger partial charge in [0.1, 0.15) is 0 Å². The molecule has 0 aromatic rings. The van der Waals surface area contributed by atoms with E-state index in [0.29, 0.717) is 0 Å². The molecule has 0 aromatic heterocycles. The summed E-state index contributed by atoms with van der Waals surface area (Å²) < 4.78 is 1.22. The summed E-state index contributed by atoms with van der Waals surface area (Å²) >= 11 is 0. The molecule has 0 saturated heterocycles. The molecule has 0 aliphatic carbocycles. The Hall–Kier alpha value is -0.0400. The second-order valence-electron chi connectivity index (χ2n) is 3.37. The monoisotopic (exact) mass is 144 g/mol. The van der Waals surface area contributed by atoms with E-state index in [4.69, 9.17) is 0 Å². The van der Waals surface area contributed by atoms with E-state index in [2.05, 4.69) is 34.7 Å². The smallest absolute Gasteiger partial charge is 0.0856 e. The van der Waals surface area contributed by atoms with E-state index in [1.54, 1.807) is 0 Å². The Morgan fingerprint density at radius 2 is 1.50 bits per heavy atom. The standard InChI is InChI=1S/C9H22N/c1-6-9(4)10(5,7-2)8-3/h9H,6-8H2,1-5H3/q+1/t9-/m1/s1. The van der Waals surface area contributed by atoms with Gasteiger partial charge in [0.2, 0.25) is 0 Å². The quantitative estimate of drug-likeness (QED) is 0.531. The lowest BCUT2D eigenvalue weighted by Crippen LogP contribution is -2.50. The number of hydrogen-bond acceptors (Lipinski definition) is 0. The minimum Gasteiger partial charge on any atom is -0.324 e. The predicted molar refractivity (Wildman–Crippen MR) is 47.0 cm³/mol. The van der Waals surface area contributed by atoms with Crippen LogP contribution < -0.4 is 0 Å². The predicted octanol–water partition coefficient (Wildman–Crippen LogP) is 2.27. The minimum absolute atomic E-state index is 0.815. The summed E-state index contributed by atoms with van der Waals surface area (Å²) in [6.45, 7) is 11.7. The van der Waals surface area contributed by atoms with Crippen LogP contribution in [0.3, 0.4) is 0 Å². The van der Waals surface area contributed by atoms with Crippen molar-refractivity contribution in [3.8, 4) is 0 Å². The Morgan fingerprint density at radius 1 is 1.10 bits per heavy atom. The van der Waals surface area contributed by atoms with E-state index in [0.717, 1.165) is 6.04 Å². The zero-order valence-electron chi connectivity index (χ0n) is 8.15. The zero-order valence-corrected chi connectivity index (χ0v) is 8.15. The van der Waals surface area contributed by atoms with Gasteiger partial charge in [-0.1, -0.05) is 6.92 Å². The molecule has 0 N–H and O–H groups in total. The van der Waals surface area contributed by atoms with Gasteiger partial charge in [0.25, 0.3) is 0 Å². The topological polar surface area (TPSA) is 0 Å². The lowest BCUT2D eigenvalue weighted by molar-refractivity contribution is -0.928. The molecule has 0 fully saturated rings. The van der Waals surface area contributed by atoms with E-state index < -0.39 is 0 Å². The average molecular weight is 144 g/mol. The number of quaternary nitrogens is 1. The molecule has 0 radical (unpaired) electrons. The first kappa shape index (κ1) is 9.96. The Morgan fingerprint density at radius 3 is 1.60 bits per heavy atom. The molecule has 62 valence electrons. The second-order valence-corrected chi connectivity index (χ2v) is 3.37. The normalized spacial score (nSPS) is 15.3. The molecule has 0 saturated carbocycles. The van der Waals surface area contributed by atoms with Crippen LogP contribution in [0, 0.1) is 0 Å². The highest BCUT2D eigenvalue weighted by Crippen LogP contribution is 2.11. The van der Waals surface area contributed by atoms with Gasteiger partial charge in [-0.15, -0.1) is 0 Å². The highest BCUT2D eigenvalue weighted by molar-refractivity contribution is 4.46. The SMILES string of the molecule is CC[C@@H](C)[N+](C)(CC)CC. The van der Waals surface area contributed by atoms with Crippen LogP contribution in [0.1, 0.15) is 34.1 Å². The zero-order chi connectivity index (χ0) is 8.20. The van der Waals surface area contributed by atoms with Crippen molar-refractivity contribution in [2.24, 2.45) is 0 Å². The third-order valence-corrected chi connectivity index (χ3v) is 3.10. The van der Waals surface area contributed by atoms with Crippen LogP contribution in [0.15, 0.2) is 0 Å². The summed E-state index contributed by atoms with van der Waals surface area (Å²) in [5.74, 6) is 0. The van der Waals surface area contributed by atoms with Crippen molar-refractivity contribution in [2.45, 2.75) is 40.2 Å². The molecule has 0 amide bonds. The fraction of sp³-hybridized carbons (Fsp3) is 1.00. The molecule has 0 bridgehead atoms. The van der Waals surface area contributed by atoms with E-state index in [1.807, 2.05) is 0 Å².